The number of aromatic nitrogens is 1. The van der Waals surface area contributed by atoms with Gasteiger partial charge < -0.3 is 9.52 Å². The van der Waals surface area contributed by atoms with Crippen molar-refractivity contribution < 1.29 is 23.1 Å². The van der Waals surface area contributed by atoms with Crippen LogP contribution in [-0.4, -0.2) is 16.0 Å². The summed E-state index contributed by atoms with van der Waals surface area (Å²) in [6, 6.07) is 8.97. The molecule has 0 radical (unpaired) electrons. The lowest BCUT2D eigenvalue weighted by Gasteiger charge is -2.27. The zero-order valence-corrected chi connectivity index (χ0v) is 18.4. The Labute approximate surface area is 185 Å². The van der Waals surface area contributed by atoms with E-state index < -0.39 is 17.2 Å². The molecule has 0 unspecified atom stereocenters. The summed E-state index contributed by atoms with van der Waals surface area (Å²) in [4.78, 5) is 18.8. The summed E-state index contributed by atoms with van der Waals surface area (Å²) >= 11 is 0. The Bertz CT molecular complexity index is 1220. The normalized spacial score (nSPS) is 14.7. The first-order valence-corrected chi connectivity index (χ1v) is 10.3. The number of aryl methyl sites for hydroxylation is 2. The number of oxazole rings is 1. The molecule has 4 rings (SSSR count). The van der Waals surface area contributed by atoms with Crippen molar-refractivity contribution in [1.82, 2.24) is 4.98 Å². The number of allylic oxidation sites excluding steroid dienone is 1. The molecule has 1 amide bonds. The molecular formula is C25H24F2N2O3. The lowest BCUT2D eigenvalue weighted by molar-refractivity contribution is -0.118. The topological polar surface area (TPSA) is 66.6 Å². The van der Waals surface area contributed by atoms with E-state index in [4.69, 9.17) is 4.42 Å². The van der Waals surface area contributed by atoms with E-state index in [1.165, 1.54) is 19.9 Å². The monoisotopic (exact) mass is 438 g/mol. The number of aliphatic hydroxyl groups is 1. The number of hydrogen-bond acceptors (Lipinski definition) is 4. The van der Waals surface area contributed by atoms with Crippen LogP contribution in [-0.2, 0) is 10.4 Å². The molecule has 5 nitrogen and oxygen atoms in total. The van der Waals surface area contributed by atoms with Crippen molar-refractivity contribution >= 4 is 17.2 Å². The van der Waals surface area contributed by atoms with Gasteiger partial charge in [-0.1, -0.05) is 18.2 Å². The molecule has 0 saturated heterocycles. The minimum atomic E-state index is -1.42. The number of carbonyl (C=O) groups is 1. The van der Waals surface area contributed by atoms with Gasteiger partial charge in [0.15, 0.2) is 5.76 Å². The van der Waals surface area contributed by atoms with Gasteiger partial charge in [0.1, 0.15) is 22.9 Å². The quantitative estimate of drug-likeness (QED) is 0.573. The van der Waals surface area contributed by atoms with Crippen molar-refractivity contribution in [3.05, 3.63) is 76.9 Å². The van der Waals surface area contributed by atoms with Crippen LogP contribution in [0.15, 0.2) is 47.0 Å². The van der Waals surface area contributed by atoms with Crippen LogP contribution in [0.1, 0.15) is 49.4 Å². The Kier molecular flexibility index (Phi) is 5.46. The van der Waals surface area contributed by atoms with Gasteiger partial charge in [-0.2, -0.15) is 0 Å². The molecule has 3 aromatic rings. The third kappa shape index (κ3) is 3.96. The highest BCUT2D eigenvalue weighted by atomic mass is 19.1. The molecule has 166 valence electrons. The first-order chi connectivity index (χ1) is 15.1. The largest absolute Gasteiger partial charge is 0.437 e. The van der Waals surface area contributed by atoms with Crippen LogP contribution in [0.4, 0.5) is 14.5 Å². The highest BCUT2D eigenvalue weighted by Crippen LogP contribution is 2.39. The SMILES string of the molecule is Cc1cccc(C)c1N1C=C(c2nc(C(C)(C)O)oc2-c2ccc(F)cc2F)CCC1=O. The molecule has 0 atom stereocenters. The molecule has 0 aliphatic carbocycles. The van der Waals surface area contributed by atoms with Crippen molar-refractivity contribution in [2.45, 2.75) is 46.1 Å². The Hall–Kier alpha value is -3.32. The fourth-order valence-corrected chi connectivity index (χ4v) is 3.86. The third-order valence-electron chi connectivity index (χ3n) is 5.47. The van der Waals surface area contributed by atoms with E-state index >= 15 is 0 Å². The van der Waals surface area contributed by atoms with E-state index in [9.17, 15) is 18.7 Å². The third-order valence-corrected chi connectivity index (χ3v) is 5.47. The van der Waals surface area contributed by atoms with E-state index in [1.807, 2.05) is 32.0 Å². The van der Waals surface area contributed by atoms with Crippen LogP contribution >= 0.6 is 0 Å². The Balaban J connectivity index is 1.90. The number of halogens is 2. The second-order valence-corrected chi connectivity index (χ2v) is 8.54. The van der Waals surface area contributed by atoms with Gasteiger partial charge in [-0.3, -0.25) is 9.69 Å². The molecule has 7 heteroatoms. The van der Waals surface area contributed by atoms with Gasteiger partial charge in [0.05, 0.1) is 11.3 Å². The van der Waals surface area contributed by atoms with Gasteiger partial charge in [-0.15, -0.1) is 0 Å². The molecule has 0 bridgehead atoms. The standard InChI is InChI=1S/C25H24F2N2O3/c1-14-6-5-7-15(2)22(14)29-13-16(8-11-20(29)30)21-23(32-24(28-21)25(3,4)31)18-10-9-17(26)12-19(18)27/h5-7,9-10,12-13,31H,8,11H2,1-4H3. The van der Waals surface area contributed by atoms with E-state index in [1.54, 1.807) is 11.1 Å². The number of para-hydroxylation sites is 1. The molecule has 1 aliphatic heterocycles. The number of nitrogens with zero attached hydrogens (tertiary/aromatic N) is 2. The van der Waals surface area contributed by atoms with E-state index in [-0.39, 0.29) is 29.5 Å². The van der Waals surface area contributed by atoms with Crippen LogP contribution in [0.5, 0.6) is 0 Å². The predicted octanol–water partition coefficient (Wildman–Crippen LogP) is 5.63. The number of rotatable bonds is 4. The van der Waals surface area contributed by atoms with Gasteiger partial charge in [-0.25, -0.2) is 13.8 Å². The first-order valence-electron chi connectivity index (χ1n) is 10.3. The van der Waals surface area contributed by atoms with Crippen molar-refractivity contribution in [3.63, 3.8) is 0 Å². The fourth-order valence-electron chi connectivity index (χ4n) is 3.86. The molecular weight excluding hydrogens is 414 g/mol. The van der Waals surface area contributed by atoms with Gasteiger partial charge in [0.2, 0.25) is 11.8 Å². The molecule has 1 N–H and O–H groups in total. The van der Waals surface area contributed by atoms with Crippen LogP contribution in [0, 0.1) is 25.5 Å². The number of hydrogen-bond donors (Lipinski definition) is 1. The molecule has 32 heavy (non-hydrogen) atoms. The van der Waals surface area contributed by atoms with E-state index in [2.05, 4.69) is 4.98 Å². The summed E-state index contributed by atoms with van der Waals surface area (Å²) in [5.41, 5.74) is 2.26. The van der Waals surface area contributed by atoms with Crippen LogP contribution in [0.2, 0.25) is 0 Å². The Morgan fingerprint density at radius 3 is 2.41 bits per heavy atom. The molecule has 1 aromatic heterocycles. The summed E-state index contributed by atoms with van der Waals surface area (Å²) in [6.07, 6.45) is 2.29. The Morgan fingerprint density at radius 1 is 1.09 bits per heavy atom. The fraction of sp³-hybridized carbons (Fsp3) is 0.280. The zero-order valence-electron chi connectivity index (χ0n) is 18.4. The Morgan fingerprint density at radius 2 is 1.78 bits per heavy atom. The van der Waals surface area contributed by atoms with Crippen molar-refractivity contribution in [2.24, 2.45) is 0 Å². The highest BCUT2D eigenvalue weighted by molar-refractivity contribution is 6.01. The smallest absolute Gasteiger partial charge is 0.231 e. The summed E-state index contributed by atoms with van der Waals surface area (Å²) < 4.78 is 33.9. The lowest BCUT2D eigenvalue weighted by Crippen LogP contribution is -2.30. The second-order valence-electron chi connectivity index (χ2n) is 8.54. The lowest BCUT2D eigenvalue weighted by atomic mass is 9.98. The van der Waals surface area contributed by atoms with E-state index in [0.29, 0.717) is 17.7 Å². The van der Waals surface area contributed by atoms with Crippen molar-refractivity contribution in [2.75, 3.05) is 4.90 Å². The van der Waals surface area contributed by atoms with Crippen LogP contribution in [0.25, 0.3) is 16.9 Å². The number of anilines is 1. The highest BCUT2D eigenvalue weighted by Gasteiger charge is 2.31. The van der Waals surface area contributed by atoms with Crippen molar-refractivity contribution in [1.29, 1.82) is 0 Å². The van der Waals surface area contributed by atoms with Gasteiger partial charge in [0.25, 0.3) is 0 Å². The zero-order chi connectivity index (χ0) is 23.2. The van der Waals surface area contributed by atoms with E-state index in [0.717, 1.165) is 28.9 Å². The maximum atomic E-state index is 14.6. The molecule has 2 heterocycles. The number of benzene rings is 2. The number of carbonyl (C=O) groups excluding carboxylic acids is 1. The minimum Gasteiger partial charge on any atom is -0.437 e. The molecule has 0 fully saturated rings. The average Bonchev–Trinajstić information content (AvgIpc) is 3.15. The maximum absolute atomic E-state index is 14.6. The van der Waals surface area contributed by atoms with Gasteiger partial charge in [-0.05, 0) is 62.9 Å². The van der Waals surface area contributed by atoms with Crippen LogP contribution in [0.3, 0.4) is 0 Å². The van der Waals surface area contributed by atoms with Gasteiger partial charge in [0, 0.05) is 18.7 Å². The van der Waals surface area contributed by atoms with Gasteiger partial charge >= 0.3 is 0 Å². The summed E-state index contributed by atoms with van der Waals surface area (Å²) in [5, 5.41) is 10.4. The summed E-state index contributed by atoms with van der Waals surface area (Å²) in [7, 11) is 0. The maximum Gasteiger partial charge on any atom is 0.231 e. The predicted molar refractivity (Wildman–Crippen MR) is 118 cm³/mol. The minimum absolute atomic E-state index is 0.00245. The molecule has 0 saturated carbocycles. The van der Waals surface area contributed by atoms with Crippen molar-refractivity contribution in [3.8, 4) is 11.3 Å². The first kappa shape index (κ1) is 21.9. The second kappa shape index (κ2) is 7.98. The number of amides is 1. The molecule has 1 aliphatic rings. The summed E-state index contributed by atoms with van der Waals surface area (Å²) in [6.45, 7) is 6.88. The summed E-state index contributed by atoms with van der Waals surface area (Å²) in [5.74, 6) is -1.49. The average molecular weight is 438 g/mol. The molecule has 2 aromatic carbocycles. The molecule has 0 spiro atoms. The van der Waals surface area contributed by atoms with Crippen LogP contribution < -0.4 is 4.90 Å².